The number of carbonyl (C=O) groups is 1. The molecule has 0 unspecified atom stereocenters. The highest BCUT2D eigenvalue weighted by molar-refractivity contribution is 7.93. The van der Waals surface area contributed by atoms with E-state index in [9.17, 15) is 13.2 Å². The van der Waals surface area contributed by atoms with E-state index in [-0.39, 0.29) is 10.6 Å². The predicted molar refractivity (Wildman–Crippen MR) is 135 cm³/mol. The van der Waals surface area contributed by atoms with E-state index in [1.54, 1.807) is 68.6 Å². The van der Waals surface area contributed by atoms with E-state index in [0.29, 0.717) is 17.2 Å². The topological polar surface area (TPSA) is 94.2 Å². The van der Waals surface area contributed by atoms with Gasteiger partial charge in [0.25, 0.3) is 10.0 Å². The smallest absolute Gasteiger partial charge is 0.268 e. The van der Waals surface area contributed by atoms with Gasteiger partial charge < -0.3 is 19.5 Å². The summed E-state index contributed by atoms with van der Waals surface area (Å²) in [7, 11) is 0.368. The van der Waals surface area contributed by atoms with Crippen LogP contribution in [0.3, 0.4) is 0 Å². The Hall–Kier alpha value is -3.72. The van der Waals surface area contributed by atoms with Gasteiger partial charge in [0.05, 0.1) is 33.1 Å². The van der Waals surface area contributed by atoms with Gasteiger partial charge in [0.15, 0.2) is 11.5 Å². The average molecular weight is 499 g/mol. The third-order valence-corrected chi connectivity index (χ3v) is 7.30. The Labute approximate surface area is 206 Å². The van der Waals surface area contributed by atoms with E-state index >= 15 is 0 Å². The maximum atomic E-state index is 13.7. The molecular weight excluding hydrogens is 468 g/mol. The minimum absolute atomic E-state index is 0.00964. The van der Waals surface area contributed by atoms with Gasteiger partial charge in [0.2, 0.25) is 5.91 Å². The normalized spacial score (nSPS) is 11.9. The summed E-state index contributed by atoms with van der Waals surface area (Å²) in [6.45, 7) is 3.19. The lowest BCUT2D eigenvalue weighted by atomic mass is 10.1. The molecule has 1 N–H and O–H groups in total. The van der Waals surface area contributed by atoms with Gasteiger partial charge >= 0.3 is 0 Å². The van der Waals surface area contributed by atoms with Gasteiger partial charge in [0, 0.05) is 0 Å². The zero-order valence-electron chi connectivity index (χ0n) is 20.4. The number of hydrogen-bond donors (Lipinski definition) is 1. The minimum atomic E-state index is -4.12. The minimum Gasteiger partial charge on any atom is -0.495 e. The van der Waals surface area contributed by atoms with Crippen LogP contribution in [0, 0.1) is 6.92 Å². The lowest BCUT2D eigenvalue weighted by molar-refractivity contribution is -0.120. The fraction of sp³-hybridized carbons (Fsp3) is 0.269. The van der Waals surface area contributed by atoms with Gasteiger partial charge in [-0.05, 0) is 61.4 Å². The fourth-order valence-corrected chi connectivity index (χ4v) is 5.30. The number of nitrogens with zero attached hydrogens (tertiary/aromatic N) is 1. The first-order chi connectivity index (χ1) is 16.7. The summed E-state index contributed by atoms with van der Waals surface area (Å²) in [6, 6.07) is 18.3. The van der Waals surface area contributed by atoms with Gasteiger partial charge in [-0.3, -0.25) is 9.10 Å². The summed E-state index contributed by atoms with van der Waals surface area (Å²) in [5.41, 5.74) is 1.90. The molecule has 0 aliphatic rings. The summed E-state index contributed by atoms with van der Waals surface area (Å²) >= 11 is 0. The number of sulfonamides is 1. The molecule has 186 valence electrons. The lowest BCUT2D eigenvalue weighted by Crippen LogP contribution is -2.41. The van der Waals surface area contributed by atoms with Crippen LogP contribution < -0.4 is 23.8 Å². The first-order valence-corrected chi connectivity index (χ1v) is 12.4. The van der Waals surface area contributed by atoms with Crippen molar-refractivity contribution in [2.24, 2.45) is 0 Å². The second-order valence-corrected chi connectivity index (χ2v) is 9.74. The number of hydrogen-bond acceptors (Lipinski definition) is 6. The number of ether oxygens (including phenoxy) is 3. The van der Waals surface area contributed by atoms with Crippen LogP contribution in [0.25, 0.3) is 0 Å². The molecule has 1 amide bonds. The molecule has 1 atom stereocenters. The summed E-state index contributed by atoms with van der Waals surface area (Å²) in [6.07, 6.45) is 0. The molecule has 9 heteroatoms. The van der Waals surface area contributed by atoms with Crippen LogP contribution >= 0.6 is 0 Å². The Morgan fingerprint density at radius 1 is 0.886 bits per heavy atom. The maximum absolute atomic E-state index is 13.7. The first kappa shape index (κ1) is 25.9. The van der Waals surface area contributed by atoms with Gasteiger partial charge in [0.1, 0.15) is 17.2 Å². The van der Waals surface area contributed by atoms with Gasteiger partial charge in [-0.25, -0.2) is 8.42 Å². The predicted octanol–water partition coefficient (Wildman–Crippen LogP) is 4.09. The average Bonchev–Trinajstić information content (AvgIpc) is 2.87. The molecule has 0 fully saturated rings. The molecule has 3 aromatic carbocycles. The van der Waals surface area contributed by atoms with Gasteiger partial charge in [-0.2, -0.15) is 0 Å². The highest BCUT2D eigenvalue weighted by Gasteiger charge is 2.30. The molecule has 35 heavy (non-hydrogen) atoms. The number of anilines is 1. The molecule has 0 saturated carbocycles. The summed E-state index contributed by atoms with van der Waals surface area (Å²) in [5.74, 6) is 0.844. The Bertz CT molecular complexity index is 1280. The van der Waals surface area contributed by atoms with Crippen molar-refractivity contribution in [2.45, 2.75) is 24.8 Å². The maximum Gasteiger partial charge on any atom is 0.268 e. The number of methoxy groups -OCH3 is 3. The van der Waals surface area contributed by atoms with Crippen LogP contribution in [0.15, 0.2) is 71.6 Å². The molecule has 8 nitrogen and oxygen atoms in total. The second-order valence-electron chi connectivity index (χ2n) is 7.91. The zero-order chi connectivity index (χ0) is 25.6. The van der Waals surface area contributed by atoms with E-state index < -0.39 is 28.5 Å². The Balaban J connectivity index is 1.91. The third kappa shape index (κ3) is 5.86. The van der Waals surface area contributed by atoms with Crippen LogP contribution in [0.4, 0.5) is 5.69 Å². The number of benzene rings is 3. The second kappa shape index (κ2) is 11.1. The van der Waals surface area contributed by atoms with Crippen molar-refractivity contribution in [3.8, 4) is 17.2 Å². The zero-order valence-corrected chi connectivity index (χ0v) is 21.3. The van der Waals surface area contributed by atoms with Crippen molar-refractivity contribution in [2.75, 3.05) is 32.2 Å². The summed E-state index contributed by atoms with van der Waals surface area (Å²) in [5, 5.41) is 2.88. The van der Waals surface area contributed by atoms with Crippen molar-refractivity contribution in [3.63, 3.8) is 0 Å². The van der Waals surface area contributed by atoms with Crippen molar-refractivity contribution in [1.82, 2.24) is 5.32 Å². The molecular formula is C26H30N2O6S. The number of rotatable bonds is 10. The van der Waals surface area contributed by atoms with Crippen LogP contribution in [0.2, 0.25) is 0 Å². The monoisotopic (exact) mass is 498 g/mol. The standard InChI is InChI=1S/C26H30N2O6S/c1-18-11-13-23(33-4)25(15-18)35(30,31)28(21-9-7-6-8-10-21)17-26(29)27-19(2)20-12-14-22(32-3)24(16-20)34-5/h6-16,19H,17H2,1-5H3,(H,27,29)/t19-/m0/s1. The SMILES string of the molecule is COc1ccc([C@H](C)NC(=O)CN(c2ccccc2)S(=O)(=O)c2cc(C)ccc2OC)cc1OC. The van der Waals surface area contributed by atoms with E-state index in [1.807, 2.05) is 13.0 Å². The van der Waals surface area contributed by atoms with Crippen molar-refractivity contribution < 1.29 is 27.4 Å². The van der Waals surface area contributed by atoms with Crippen LogP contribution in [0.5, 0.6) is 17.2 Å². The van der Waals surface area contributed by atoms with Crippen LogP contribution in [0.1, 0.15) is 24.1 Å². The molecule has 3 aromatic rings. The quantitative estimate of drug-likeness (QED) is 0.452. The summed E-state index contributed by atoms with van der Waals surface area (Å²) in [4.78, 5) is 13.1. The number of para-hydroxylation sites is 1. The van der Waals surface area contributed by atoms with Crippen molar-refractivity contribution >= 4 is 21.6 Å². The van der Waals surface area contributed by atoms with E-state index in [4.69, 9.17) is 14.2 Å². The Morgan fingerprint density at radius 3 is 2.14 bits per heavy atom. The molecule has 0 heterocycles. The number of amides is 1. The first-order valence-electron chi connectivity index (χ1n) is 10.9. The summed E-state index contributed by atoms with van der Waals surface area (Å²) < 4.78 is 44.5. The largest absolute Gasteiger partial charge is 0.495 e. The fourth-order valence-electron chi connectivity index (χ4n) is 3.64. The van der Waals surface area contributed by atoms with Crippen LogP contribution in [-0.4, -0.2) is 42.2 Å². The van der Waals surface area contributed by atoms with Crippen molar-refractivity contribution in [1.29, 1.82) is 0 Å². The number of nitrogens with one attached hydrogen (secondary N) is 1. The van der Waals surface area contributed by atoms with E-state index in [0.717, 1.165) is 15.4 Å². The highest BCUT2D eigenvalue weighted by Crippen LogP contribution is 2.32. The Kier molecular flexibility index (Phi) is 8.24. The number of aryl methyl sites for hydroxylation is 1. The highest BCUT2D eigenvalue weighted by atomic mass is 32.2. The molecule has 0 aliphatic carbocycles. The van der Waals surface area contributed by atoms with Crippen molar-refractivity contribution in [3.05, 3.63) is 77.9 Å². The van der Waals surface area contributed by atoms with Crippen LogP contribution in [-0.2, 0) is 14.8 Å². The molecule has 0 radical (unpaired) electrons. The molecule has 0 saturated heterocycles. The molecule has 0 spiro atoms. The Morgan fingerprint density at radius 2 is 1.51 bits per heavy atom. The van der Waals surface area contributed by atoms with E-state index in [1.165, 1.54) is 20.3 Å². The lowest BCUT2D eigenvalue weighted by Gasteiger charge is -2.26. The molecule has 3 rings (SSSR count). The van der Waals surface area contributed by atoms with E-state index in [2.05, 4.69) is 5.32 Å². The van der Waals surface area contributed by atoms with Gasteiger partial charge in [-0.1, -0.05) is 30.3 Å². The third-order valence-electron chi connectivity index (χ3n) is 5.50. The molecule has 0 aromatic heterocycles. The van der Waals surface area contributed by atoms with Gasteiger partial charge in [-0.15, -0.1) is 0 Å². The molecule has 0 aliphatic heterocycles. The molecule has 0 bridgehead atoms. The number of carbonyl (C=O) groups excluding carboxylic acids is 1.